The molecular weight excluding hydrogens is 392 g/mol. The van der Waals surface area contributed by atoms with E-state index in [0.29, 0.717) is 0 Å². The van der Waals surface area contributed by atoms with Crippen molar-refractivity contribution in [1.82, 2.24) is 15.8 Å². The number of fused-ring (bicyclic) bond motifs is 1. The molecule has 3 rings (SSSR count). The van der Waals surface area contributed by atoms with E-state index in [1.165, 1.54) is 33.8 Å². The Labute approximate surface area is 171 Å². The molecule has 136 valence electrons. The summed E-state index contributed by atoms with van der Waals surface area (Å²) in [5.74, 6) is -0.539. The number of hydroxylamine groups is 1. The first-order chi connectivity index (χ1) is 12.7. The first-order valence-electron chi connectivity index (χ1n) is 8.65. The SMILES string of the molecule is Cc1[nH]c2ccccc2c1CCNCc1ccc(/C=C/C(=O)NO)cc1.[Zn]. The van der Waals surface area contributed by atoms with Crippen molar-refractivity contribution in [1.29, 1.82) is 0 Å². The zero-order chi connectivity index (χ0) is 18.4. The van der Waals surface area contributed by atoms with Crippen LogP contribution in [0.5, 0.6) is 0 Å². The number of hydrogen-bond acceptors (Lipinski definition) is 3. The zero-order valence-electron chi connectivity index (χ0n) is 15.5. The number of carbonyl (C=O) groups excluding carboxylic acids is 1. The van der Waals surface area contributed by atoms with E-state index in [1.807, 2.05) is 24.3 Å². The average molecular weight is 415 g/mol. The number of nitrogens with one attached hydrogen (secondary N) is 3. The number of aromatic nitrogens is 1. The molecule has 0 aliphatic heterocycles. The number of aryl methyl sites for hydroxylation is 1. The van der Waals surface area contributed by atoms with Gasteiger partial charge in [0, 0.05) is 48.7 Å². The molecule has 0 aliphatic carbocycles. The normalized spacial score (nSPS) is 10.9. The molecule has 1 heterocycles. The van der Waals surface area contributed by atoms with Crippen LogP contribution in [0.15, 0.2) is 54.6 Å². The Hall–Kier alpha value is -2.27. The van der Waals surface area contributed by atoms with Crippen molar-refractivity contribution in [3.63, 3.8) is 0 Å². The summed E-state index contributed by atoms with van der Waals surface area (Å²) in [6.45, 7) is 3.82. The quantitative estimate of drug-likeness (QED) is 0.157. The fourth-order valence-electron chi connectivity index (χ4n) is 3.06. The summed E-state index contributed by atoms with van der Waals surface area (Å²) >= 11 is 0. The minimum absolute atomic E-state index is 0. The topological polar surface area (TPSA) is 77.2 Å². The van der Waals surface area contributed by atoms with E-state index in [1.54, 1.807) is 11.6 Å². The standard InChI is InChI=1S/C21H23N3O2.Zn/c1-15-18(19-4-2-3-5-20(19)23-15)12-13-22-14-17-8-6-16(7-9-17)10-11-21(25)24-26;/h2-11,22-23,26H,12-14H2,1H3,(H,24,25);/b11-10+;. The van der Waals surface area contributed by atoms with Gasteiger partial charge in [-0.3, -0.25) is 10.0 Å². The van der Waals surface area contributed by atoms with Crippen molar-refractivity contribution in [2.24, 2.45) is 0 Å². The third kappa shape index (κ3) is 5.60. The van der Waals surface area contributed by atoms with E-state index < -0.39 is 5.91 Å². The largest absolute Gasteiger partial charge is 0.358 e. The van der Waals surface area contributed by atoms with Gasteiger partial charge in [-0.05, 0) is 48.7 Å². The predicted octanol–water partition coefficient (Wildman–Crippen LogP) is 3.32. The molecule has 0 fully saturated rings. The smallest absolute Gasteiger partial charge is 0.267 e. The fourth-order valence-corrected chi connectivity index (χ4v) is 3.06. The van der Waals surface area contributed by atoms with Gasteiger partial charge in [0.25, 0.3) is 5.91 Å². The number of hydrogen-bond donors (Lipinski definition) is 4. The van der Waals surface area contributed by atoms with Gasteiger partial charge in [0.1, 0.15) is 0 Å². The predicted molar refractivity (Wildman–Crippen MR) is 104 cm³/mol. The number of H-pyrrole nitrogens is 1. The van der Waals surface area contributed by atoms with Gasteiger partial charge in [-0.25, -0.2) is 5.48 Å². The van der Waals surface area contributed by atoms with E-state index in [4.69, 9.17) is 5.21 Å². The van der Waals surface area contributed by atoms with Gasteiger partial charge in [0.2, 0.25) is 0 Å². The van der Waals surface area contributed by atoms with Crippen molar-refractivity contribution in [2.45, 2.75) is 19.9 Å². The number of para-hydroxylation sites is 1. The summed E-state index contributed by atoms with van der Waals surface area (Å²) in [5, 5.41) is 13.2. The first kappa shape index (κ1) is 21.0. The van der Waals surface area contributed by atoms with Crippen LogP contribution in [0.2, 0.25) is 0 Å². The molecule has 0 saturated carbocycles. The van der Waals surface area contributed by atoms with Crippen LogP contribution in [-0.4, -0.2) is 22.6 Å². The Morgan fingerprint density at radius 1 is 1.15 bits per heavy atom. The Bertz CT molecular complexity index is 917. The summed E-state index contributed by atoms with van der Waals surface area (Å²) in [5.41, 5.74) is 7.46. The van der Waals surface area contributed by atoms with Crippen molar-refractivity contribution in [3.05, 3.63) is 77.0 Å². The summed E-state index contributed by atoms with van der Waals surface area (Å²) in [6.07, 6.45) is 3.92. The zero-order valence-corrected chi connectivity index (χ0v) is 18.4. The molecule has 0 aliphatic rings. The number of amides is 1. The van der Waals surface area contributed by atoms with Crippen molar-refractivity contribution < 1.29 is 29.5 Å². The third-order valence-electron chi connectivity index (χ3n) is 4.42. The molecule has 0 radical (unpaired) electrons. The van der Waals surface area contributed by atoms with Crippen molar-refractivity contribution >= 4 is 22.9 Å². The molecule has 0 saturated heterocycles. The molecule has 0 atom stereocenters. The van der Waals surface area contributed by atoms with Crippen LogP contribution in [-0.2, 0) is 37.2 Å². The van der Waals surface area contributed by atoms with Crippen LogP contribution in [0, 0.1) is 6.92 Å². The van der Waals surface area contributed by atoms with E-state index in [2.05, 4.69) is 41.5 Å². The van der Waals surface area contributed by atoms with Gasteiger partial charge in [0.05, 0.1) is 0 Å². The van der Waals surface area contributed by atoms with E-state index >= 15 is 0 Å². The summed E-state index contributed by atoms with van der Waals surface area (Å²) in [6, 6.07) is 16.4. The molecule has 5 nitrogen and oxygen atoms in total. The first-order valence-corrected chi connectivity index (χ1v) is 8.65. The summed E-state index contributed by atoms with van der Waals surface area (Å²) in [4.78, 5) is 14.4. The molecule has 27 heavy (non-hydrogen) atoms. The second-order valence-corrected chi connectivity index (χ2v) is 6.25. The number of benzene rings is 2. The van der Waals surface area contributed by atoms with Gasteiger partial charge in [-0.1, -0.05) is 42.5 Å². The second kappa shape index (κ2) is 10.2. The van der Waals surface area contributed by atoms with E-state index in [9.17, 15) is 4.79 Å². The third-order valence-corrected chi connectivity index (χ3v) is 4.42. The summed E-state index contributed by atoms with van der Waals surface area (Å²) < 4.78 is 0. The minimum atomic E-state index is -0.539. The molecule has 0 bridgehead atoms. The Morgan fingerprint density at radius 3 is 2.63 bits per heavy atom. The number of aromatic amines is 1. The number of carbonyl (C=O) groups is 1. The van der Waals surface area contributed by atoms with Crippen LogP contribution in [0.1, 0.15) is 22.4 Å². The van der Waals surface area contributed by atoms with E-state index in [-0.39, 0.29) is 19.5 Å². The van der Waals surface area contributed by atoms with Gasteiger partial charge in [-0.15, -0.1) is 0 Å². The Balaban J connectivity index is 0.00000261. The molecule has 3 aromatic rings. The molecule has 0 spiro atoms. The molecule has 6 heteroatoms. The molecule has 0 unspecified atom stereocenters. The maximum atomic E-state index is 11.0. The molecule has 1 amide bonds. The summed E-state index contributed by atoms with van der Waals surface area (Å²) in [7, 11) is 0. The number of rotatable bonds is 7. The van der Waals surface area contributed by atoms with Crippen LogP contribution in [0.3, 0.4) is 0 Å². The van der Waals surface area contributed by atoms with Crippen LogP contribution < -0.4 is 10.8 Å². The maximum Gasteiger partial charge on any atom is 0.267 e. The maximum absolute atomic E-state index is 11.0. The van der Waals surface area contributed by atoms with Gasteiger partial charge in [-0.2, -0.15) is 0 Å². The molecule has 4 N–H and O–H groups in total. The fraction of sp³-hybridized carbons (Fsp3) is 0.190. The second-order valence-electron chi connectivity index (χ2n) is 6.25. The van der Waals surface area contributed by atoms with Crippen LogP contribution >= 0.6 is 0 Å². The van der Waals surface area contributed by atoms with Crippen molar-refractivity contribution in [2.75, 3.05) is 6.54 Å². The van der Waals surface area contributed by atoms with Crippen molar-refractivity contribution in [3.8, 4) is 0 Å². The monoisotopic (exact) mass is 413 g/mol. The minimum Gasteiger partial charge on any atom is -0.358 e. The average Bonchev–Trinajstić information content (AvgIpc) is 2.99. The molecule has 2 aromatic carbocycles. The van der Waals surface area contributed by atoms with E-state index in [0.717, 1.165) is 25.1 Å². The van der Waals surface area contributed by atoms with Gasteiger partial charge in [0.15, 0.2) is 0 Å². The van der Waals surface area contributed by atoms with Gasteiger partial charge < -0.3 is 10.3 Å². The van der Waals surface area contributed by atoms with Gasteiger partial charge >= 0.3 is 0 Å². The Morgan fingerprint density at radius 2 is 1.89 bits per heavy atom. The van der Waals surface area contributed by atoms with Crippen LogP contribution in [0.25, 0.3) is 17.0 Å². The molecule has 1 aromatic heterocycles. The molecular formula is C21H23N3O2Zn. The Kier molecular flexibility index (Phi) is 7.92. The van der Waals surface area contributed by atoms with Crippen LogP contribution in [0.4, 0.5) is 0 Å².